The van der Waals surface area contributed by atoms with Crippen LogP contribution in [0, 0.1) is 11.3 Å². The first-order valence-corrected chi connectivity index (χ1v) is 5.18. The maximum atomic E-state index is 7.88. The summed E-state index contributed by atoms with van der Waals surface area (Å²) in [5, 5.41) is 7.88. The van der Waals surface area contributed by atoms with Gasteiger partial charge in [-0.05, 0) is 26.2 Å². The van der Waals surface area contributed by atoms with Gasteiger partial charge in [0.05, 0.1) is 5.84 Å². The minimum Gasteiger partial charge on any atom is -0.381 e. The number of nitrogens with one attached hydrogen (secondary N) is 1. The van der Waals surface area contributed by atoms with E-state index in [4.69, 9.17) is 10.1 Å². The number of amidine groups is 1. The van der Waals surface area contributed by atoms with Gasteiger partial charge in [0.2, 0.25) is 0 Å². The van der Waals surface area contributed by atoms with Gasteiger partial charge in [-0.3, -0.25) is 5.41 Å². The lowest BCUT2D eigenvalue weighted by atomic mass is 10.0. The van der Waals surface area contributed by atoms with Crippen molar-refractivity contribution in [3.05, 3.63) is 0 Å². The van der Waals surface area contributed by atoms with Gasteiger partial charge in [-0.1, -0.05) is 0 Å². The van der Waals surface area contributed by atoms with Crippen LogP contribution in [0.2, 0.25) is 0 Å². The van der Waals surface area contributed by atoms with Gasteiger partial charge in [0.25, 0.3) is 0 Å². The van der Waals surface area contributed by atoms with Gasteiger partial charge in [0.15, 0.2) is 0 Å². The first-order chi connectivity index (χ1) is 6.27. The summed E-state index contributed by atoms with van der Waals surface area (Å²) in [6.45, 7) is 7.83. The molecule has 0 bridgehead atoms. The Balaban J connectivity index is 2.29. The average Bonchev–Trinajstić information content (AvgIpc) is 2.59. The van der Waals surface area contributed by atoms with Gasteiger partial charge in [-0.15, -0.1) is 0 Å². The molecule has 0 aromatic carbocycles. The maximum absolute atomic E-state index is 7.88. The summed E-state index contributed by atoms with van der Waals surface area (Å²) < 4.78 is 5.29. The minimum atomic E-state index is 0.591. The fraction of sp³-hybridized carbons (Fsp3) is 0.900. The second kappa shape index (κ2) is 5.22. The summed E-state index contributed by atoms with van der Waals surface area (Å²) in [6.07, 6.45) is 2.02. The maximum Gasteiger partial charge on any atom is 0.0961 e. The molecule has 0 amide bonds. The van der Waals surface area contributed by atoms with Crippen molar-refractivity contribution in [2.75, 3.05) is 26.3 Å². The van der Waals surface area contributed by atoms with Crippen molar-refractivity contribution in [1.82, 2.24) is 4.90 Å². The molecule has 0 aliphatic carbocycles. The molecular weight excluding hydrogens is 164 g/mol. The van der Waals surface area contributed by atoms with Crippen molar-refractivity contribution in [2.24, 2.45) is 5.92 Å². The van der Waals surface area contributed by atoms with E-state index in [1.54, 1.807) is 0 Å². The van der Waals surface area contributed by atoms with Gasteiger partial charge in [-0.2, -0.15) is 0 Å². The number of rotatable bonds is 4. The third-order valence-corrected chi connectivity index (χ3v) is 2.65. The number of hydrogen-bond acceptors (Lipinski definition) is 2. The number of hydrogen-bond donors (Lipinski definition) is 1. The van der Waals surface area contributed by atoms with E-state index in [1.807, 2.05) is 0 Å². The smallest absolute Gasteiger partial charge is 0.0961 e. The molecule has 1 heterocycles. The van der Waals surface area contributed by atoms with E-state index in [2.05, 4.69) is 18.7 Å². The fourth-order valence-electron chi connectivity index (χ4n) is 1.75. The monoisotopic (exact) mass is 184 g/mol. The van der Waals surface area contributed by atoms with E-state index >= 15 is 0 Å². The predicted molar refractivity (Wildman–Crippen MR) is 54.2 cm³/mol. The molecule has 1 aliphatic heterocycles. The van der Waals surface area contributed by atoms with Gasteiger partial charge in [-0.25, -0.2) is 0 Å². The molecule has 0 saturated carbocycles. The van der Waals surface area contributed by atoms with Crippen molar-refractivity contribution >= 4 is 5.84 Å². The zero-order valence-electron chi connectivity index (χ0n) is 8.68. The number of ether oxygens (including phenoxy) is 1. The topological polar surface area (TPSA) is 36.3 Å². The summed E-state index contributed by atoms with van der Waals surface area (Å²) in [6, 6.07) is 0. The molecule has 1 rings (SSSR count). The number of nitrogens with zero attached hydrogens (tertiary/aromatic N) is 1. The van der Waals surface area contributed by atoms with Gasteiger partial charge in [0.1, 0.15) is 0 Å². The van der Waals surface area contributed by atoms with Gasteiger partial charge in [0, 0.05) is 32.7 Å². The normalized spacial score (nSPS) is 21.8. The Morgan fingerprint density at radius 1 is 1.46 bits per heavy atom. The molecule has 76 valence electrons. The third kappa shape index (κ3) is 2.99. The van der Waals surface area contributed by atoms with Crippen molar-refractivity contribution < 1.29 is 4.74 Å². The van der Waals surface area contributed by atoms with Crippen LogP contribution >= 0.6 is 0 Å². The molecule has 13 heavy (non-hydrogen) atoms. The van der Waals surface area contributed by atoms with Crippen LogP contribution < -0.4 is 0 Å². The first-order valence-electron chi connectivity index (χ1n) is 5.18. The van der Waals surface area contributed by atoms with Crippen molar-refractivity contribution in [1.29, 1.82) is 5.41 Å². The lowest BCUT2D eigenvalue weighted by Crippen LogP contribution is -2.31. The second-order valence-electron chi connectivity index (χ2n) is 3.55. The zero-order chi connectivity index (χ0) is 9.68. The lowest BCUT2D eigenvalue weighted by molar-refractivity contribution is 0.186. The quantitative estimate of drug-likeness (QED) is 0.533. The standard InChI is InChI=1S/C10H20N2O/c1-3-12(4-2)10(11)7-9-5-6-13-8-9/h9,11H,3-8H2,1-2H3. The third-order valence-electron chi connectivity index (χ3n) is 2.65. The Bertz CT molecular complexity index is 160. The van der Waals surface area contributed by atoms with Crippen molar-refractivity contribution in [2.45, 2.75) is 26.7 Å². The lowest BCUT2D eigenvalue weighted by Gasteiger charge is -2.23. The molecule has 1 N–H and O–H groups in total. The van der Waals surface area contributed by atoms with Crippen LogP contribution in [0.5, 0.6) is 0 Å². The van der Waals surface area contributed by atoms with Crippen LogP contribution in [-0.2, 0) is 4.74 Å². The molecule has 1 fully saturated rings. The summed E-state index contributed by atoms with van der Waals surface area (Å²) >= 11 is 0. The second-order valence-corrected chi connectivity index (χ2v) is 3.55. The molecule has 3 heteroatoms. The van der Waals surface area contributed by atoms with E-state index in [9.17, 15) is 0 Å². The Labute approximate surface area is 80.6 Å². The van der Waals surface area contributed by atoms with Crippen LogP contribution in [0.4, 0.5) is 0 Å². The molecule has 0 aromatic rings. The Kier molecular flexibility index (Phi) is 4.22. The molecule has 0 spiro atoms. The van der Waals surface area contributed by atoms with Crippen LogP contribution in [-0.4, -0.2) is 37.0 Å². The molecular formula is C10H20N2O. The van der Waals surface area contributed by atoms with E-state index in [-0.39, 0.29) is 0 Å². The molecule has 0 aromatic heterocycles. The average molecular weight is 184 g/mol. The van der Waals surface area contributed by atoms with E-state index in [0.29, 0.717) is 5.92 Å². The zero-order valence-corrected chi connectivity index (χ0v) is 8.68. The first kappa shape index (κ1) is 10.5. The van der Waals surface area contributed by atoms with Crippen molar-refractivity contribution in [3.63, 3.8) is 0 Å². The van der Waals surface area contributed by atoms with Crippen molar-refractivity contribution in [3.8, 4) is 0 Å². The molecule has 0 radical (unpaired) electrons. The van der Waals surface area contributed by atoms with Crippen LogP contribution in [0.15, 0.2) is 0 Å². The highest BCUT2D eigenvalue weighted by atomic mass is 16.5. The SMILES string of the molecule is CCN(CC)C(=N)CC1CCOC1. The summed E-state index contributed by atoms with van der Waals surface area (Å²) in [7, 11) is 0. The largest absolute Gasteiger partial charge is 0.381 e. The Hall–Kier alpha value is -0.570. The highest BCUT2D eigenvalue weighted by Gasteiger charge is 2.18. The Morgan fingerprint density at radius 3 is 2.62 bits per heavy atom. The minimum absolute atomic E-state index is 0.591. The van der Waals surface area contributed by atoms with E-state index in [1.165, 1.54) is 0 Å². The van der Waals surface area contributed by atoms with Crippen LogP contribution in [0.25, 0.3) is 0 Å². The van der Waals surface area contributed by atoms with Gasteiger partial charge >= 0.3 is 0 Å². The molecule has 1 unspecified atom stereocenters. The predicted octanol–water partition coefficient (Wildman–Crippen LogP) is 1.73. The highest BCUT2D eigenvalue weighted by Crippen LogP contribution is 2.17. The summed E-state index contributed by atoms with van der Waals surface area (Å²) in [4.78, 5) is 2.11. The van der Waals surface area contributed by atoms with Crippen LogP contribution in [0.1, 0.15) is 26.7 Å². The van der Waals surface area contributed by atoms with Gasteiger partial charge < -0.3 is 9.64 Å². The molecule has 1 aliphatic rings. The molecule has 1 saturated heterocycles. The summed E-state index contributed by atoms with van der Waals surface area (Å²) in [5.41, 5.74) is 0. The molecule has 1 atom stereocenters. The van der Waals surface area contributed by atoms with E-state index in [0.717, 1.165) is 45.0 Å². The Morgan fingerprint density at radius 2 is 2.15 bits per heavy atom. The highest BCUT2D eigenvalue weighted by molar-refractivity contribution is 5.79. The summed E-state index contributed by atoms with van der Waals surface area (Å²) in [5.74, 6) is 1.37. The van der Waals surface area contributed by atoms with Crippen LogP contribution in [0.3, 0.4) is 0 Å². The van der Waals surface area contributed by atoms with E-state index < -0.39 is 0 Å². The molecule has 3 nitrogen and oxygen atoms in total. The fourth-order valence-corrected chi connectivity index (χ4v) is 1.75.